The first-order valence-electron chi connectivity index (χ1n) is 7.05. The average molecular weight is 328 g/mol. The van der Waals surface area contributed by atoms with Crippen LogP contribution in [0.25, 0.3) is 0 Å². The summed E-state index contributed by atoms with van der Waals surface area (Å²) in [6.07, 6.45) is 4.57. The Morgan fingerprint density at radius 2 is 2.21 bits per heavy atom. The van der Waals surface area contributed by atoms with Crippen molar-refractivity contribution in [2.75, 3.05) is 7.05 Å². The average Bonchev–Trinajstić information content (AvgIpc) is 2.70. The van der Waals surface area contributed by atoms with Gasteiger partial charge in [0.05, 0.1) is 0 Å². The standard InChI is InChI=1S/C16H23BrFN/c1-16(2)8-4-5-13(16)15(19-3)10-11-9-12(17)6-7-14(11)18/h6-7,9,13,15,19H,4-5,8,10H2,1-3H3. The van der Waals surface area contributed by atoms with E-state index in [4.69, 9.17) is 0 Å². The molecule has 0 spiro atoms. The molecule has 3 heteroatoms. The van der Waals surface area contributed by atoms with Crippen LogP contribution >= 0.6 is 15.9 Å². The van der Waals surface area contributed by atoms with Crippen LogP contribution in [-0.4, -0.2) is 13.1 Å². The van der Waals surface area contributed by atoms with E-state index in [0.717, 1.165) is 16.5 Å². The van der Waals surface area contributed by atoms with Crippen molar-refractivity contribution in [3.05, 3.63) is 34.1 Å². The first kappa shape index (κ1) is 15.0. The van der Waals surface area contributed by atoms with Crippen molar-refractivity contribution in [3.8, 4) is 0 Å². The van der Waals surface area contributed by atoms with Crippen LogP contribution in [0.3, 0.4) is 0 Å². The summed E-state index contributed by atoms with van der Waals surface area (Å²) in [5.74, 6) is 0.523. The molecule has 0 heterocycles. The summed E-state index contributed by atoms with van der Waals surface area (Å²) >= 11 is 3.43. The number of hydrogen-bond acceptors (Lipinski definition) is 1. The summed E-state index contributed by atoms with van der Waals surface area (Å²) in [7, 11) is 1.99. The van der Waals surface area contributed by atoms with Crippen molar-refractivity contribution in [2.24, 2.45) is 11.3 Å². The van der Waals surface area contributed by atoms with E-state index < -0.39 is 0 Å². The molecule has 1 nitrogen and oxygen atoms in total. The van der Waals surface area contributed by atoms with Crippen LogP contribution in [0.1, 0.15) is 38.7 Å². The second kappa shape index (κ2) is 5.92. The number of benzene rings is 1. The number of likely N-dealkylation sites (N-methyl/N-ethyl adjacent to an activating group) is 1. The second-order valence-corrected chi connectivity index (χ2v) is 7.24. The smallest absolute Gasteiger partial charge is 0.126 e. The second-order valence-electron chi connectivity index (χ2n) is 6.32. The molecule has 0 amide bonds. The molecule has 1 aliphatic carbocycles. The highest BCUT2D eigenvalue weighted by Crippen LogP contribution is 2.45. The van der Waals surface area contributed by atoms with Crippen molar-refractivity contribution in [3.63, 3.8) is 0 Å². The molecule has 0 aromatic heterocycles. The third-order valence-electron chi connectivity index (χ3n) is 4.64. The Labute approximate surface area is 124 Å². The third kappa shape index (κ3) is 3.38. The molecule has 2 unspecified atom stereocenters. The van der Waals surface area contributed by atoms with Crippen LogP contribution in [0.5, 0.6) is 0 Å². The zero-order chi connectivity index (χ0) is 14.0. The summed E-state index contributed by atoms with van der Waals surface area (Å²) in [6, 6.07) is 5.56. The molecule has 0 saturated heterocycles. The van der Waals surface area contributed by atoms with Gasteiger partial charge in [0, 0.05) is 10.5 Å². The lowest BCUT2D eigenvalue weighted by molar-refractivity contribution is 0.201. The van der Waals surface area contributed by atoms with Crippen LogP contribution in [-0.2, 0) is 6.42 Å². The lowest BCUT2D eigenvalue weighted by Crippen LogP contribution is -2.40. The normalized spacial score (nSPS) is 23.5. The van der Waals surface area contributed by atoms with Crippen LogP contribution in [0, 0.1) is 17.2 Å². The van der Waals surface area contributed by atoms with Crippen molar-refractivity contribution in [1.82, 2.24) is 5.32 Å². The van der Waals surface area contributed by atoms with Gasteiger partial charge in [0.25, 0.3) is 0 Å². The van der Waals surface area contributed by atoms with E-state index in [1.54, 1.807) is 12.1 Å². The van der Waals surface area contributed by atoms with Crippen molar-refractivity contribution in [2.45, 2.75) is 45.6 Å². The van der Waals surface area contributed by atoms with E-state index in [0.29, 0.717) is 17.4 Å². The van der Waals surface area contributed by atoms with Gasteiger partial charge in [-0.05, 0) is 61.4 Å². The Hall–Kier alpha value is -0.410. The number of halogens is 2. The van der Waals surface area contributed by atoms with E-state index in [-0.39, 0.29) is 5.82 Å². The van der Waals surface area contributed by atoms with Crippen molar-refractivity contribution in [1.29, 1.82) is 0 Å². The Balaban J connectivity index is 2.17. The van der Waals surface area contributed by atoms with Crippen LogP contribution in [0.2, 0.25) is 0 Å². The predicted molar refractivity (Wildman–Crippen MR) is 81.8 cm³/mol. The van der Waals surface area contributed by atoms with E-state index in [1.165, 1.54) is 19.3 Å². The van der Waals surface area contributed by atoms with Gasteiger partial charge in [0.15, 0.2) is 0 Å². The summed E-state index contributed by atoms with van der Waals surface area (Å²) in [5, 5.41) is 3.41. The monoisotopic (exact) mass is 327 g/mol. The molecule has 1 fully saturated rings. The van der Waals surface area contributed by atoms with Crippen LogP contribution in [0.4, 0.5) is 4.39 Å². The molecule has 0 aliphatic heterocycles. The first-order chi connectivity index (χ1) is 8.94. The van der Waals surface area contributed by atoms with Crippen LogP contribution < -0.4 is 5.32 Å². The highest BCUT2D eigenvalue weighted by molar-refractivity contribution is 9.10. The lowest BCUT2D eigenvalue weighted by atomic mass is 9.76. The lowest BCUT2D eigenvalue weighted by Gasteiger charge is -2.34. The summed E-state index contributed by atoms with van der Waals surface area (Å²) < 4.78 is 14.8. The maximum absolute atomic E-state index is 13.9. The van der Waals surface area contributed by atoms with Gasteiger partial charge in [-0.15, -0.1) is 0 Å². The third-order valence-corrected chi connectivity index (χ3v) is 5.14. The van der Waals surface area contributed by atoms with E-state index in [1.807, 2.05) is 13.1 Å². The highest BCUT2D eigenvalue weighted by atomic mass is 79.9. The minimum atomic E-state index is -0.0979. The fourth-order valence-corrected chi connectivity index (χ4v) is 3.89. The topological polar surface area (TPSA) is 12.0 Å². The molecule has 2 atom stereocenters. The quantitative estimate of drug-likeness (QED) is 0.855. The molecule has 1 saturated carbocycles. The largest absolute Gasteiger partial charge is 0.316 e. The number of rotatable bonds is 4. The van der Waals surface area contributed by atoms with E-state index in [2.05, 4.69) is 35.1 Å². The van der Waals surface area contributed by atoms with Crippen molar-refractivity contribution < 1.29 is 4.39 Å². The fraction of sp³-hybridized carbons (Fsp3) is 0.625. The van der Waals surface area contributed by atoms with Gasteiger partial charge in [-0.25, -0.2) is 4.39 Å². The molecule has 19 heavy (non-hydrogen) atoms. The van der Waals surface area contributed by atoms with Gasteiger partial charge in [-0.1, -0.05) is 36.2 Å². The minimum Gasteiger partial charge on any atom is -0.316 e. The number of hydrogen-bond donors (Lipinski definition) is 1. The van der Waals surface area contributed by atoms with Gasteiger partial charge < -0.3 is 5.32 Å². The molecule has 106 valence electrons. The van der Waals surface area contributed by atoms with Crippen LogP contribution in [0.15, 0.2) is 22.7 Å². The summed E-state index contributed by atoms with van der Waals surface area (Å²) in [6.45, 7) is 4.68. The molecule has 1 aromatic rings. The molecule has 0 radical (unpaired) electrons. The van der Waals surface area contributed by atoms with Gasteiger partial charge in [-0.3, -0.25) is 0 Å². The van der Waals surface area contributed by atoms with Gasteiger partial charge in [-0.2, -0.15) is 0 Å². The zero-order valence-corrected chi connectivity index (χ0v) is 13.6. The minimum absolute atomic E-state index is 0.0979. The molecule has 2 rings (SSSR count). The Kier molecular flexibility index (Phi) is 4.67. The molecular weight excluding hydrogens is 305 g/mol. The summed E-state index contributed by atoms with van der Waals surface area (Å²) in [4.78, 5) is 0. The summed E-state index contributed by atoms with van der Waals surface area (Å²) in [5.41, 5.74) is 1.16. The maximum Gasteiger partial charge on any atom is 0.126 e. The Morgan fingerprint density at radius 1 is 1.47 bits per heavy atom. The predicted octanol–water partition coefficient (Wildman–Crippen LogP) is 4.55. The van der Waals surface area contributed by atoms with E-state index in [9.17, 15) is 4.39 Å². The molecule has 1 aliphatic rings. The zero-order valence-electron chi connectivity index (χ0n) is 12.0. The number of nitrogens with one attached hydrogen (secondary N) is 1. The highest BCUT2D eigenvalue weighted by Gasteiger charge is 2.39. The SMILES string of the molecule is CNC(Cc1cc(Br)ccc1F)C1CCCC1(C)C. The molecular formula is C16H23BrFN. The molecule has 1 aromatic carbocycles. The molecule has 1 N–H and O–H groups in total. The Bertz CT molecular complexity index is 444. The fourth-order valence-electron chi connectivity index (χ4n) is 3.48. The van der Waals surface area contributed by atoms with Gasteiger partial charge in [0.1, 0.15) is 5.82 Å². The van der Waals surface area contributed by atoms with Crippen molar-refractivity contribution >= 4 is 15.9 Å². The van der Waals surface area contributed by atoms with E-state index >= 15 is 0 Å². The van der Waals surface area contributed by atoms with Gasteiger partial charge in [0.2, 0.25) is 0 Å². The first-order valence-corrected chi connectivity index (χ1v) is 7.84. The van der Waals surface area contributed by atoms with Gasteiger partial charge >= 0.3 is 0 Å². The maximum atomic E-state index is 13.9. The molecule has 0 bridgehead atoms. The Morgan fingerprint density at radius 3 is 2.79 bits per heavy atom.